The van der Waals surface area contributed by atoms with Crippen LogP contribution in [0.25, 0.3) is 44.5 Å². The first-order valence-electron chi connectivity index (χ1n) is 9.88. The molecule has 0 atom stereocenters. The monoisotopic (exact) mass is 388 g/mol. The van der Waals surface area contributed by atoms with Crippen molar-refractivity contribution in [1.82, 2.24) is 15.0 Å². The van der Waals surface area contributed by atoms with Crippen molar-refractivity contribution in [2.45, 2.75) is 6.54 Å². The van der Waals surface area contributed by atoms with Gasteiger partial charge in [-0.1, -0.05) is 54.6 Å². The third kappa shape index (κ3) is 3.34. The number of pyridine rings is 3. The highest BCUT2D eigenvalue weighted by atomic mass is 14.8. The minimum absolute atomic E-state index is 0.525. The van der Waals surface area contributed by atoms with Crippen LogP contribution in [0.4, 0.5) is 0 Å². The quantitative estimate of drug-likeness (QED) is 0.442. The lowest BCUT2D eigenvalue weighted by Gasteiger charge is -2.14. The second-order valence-corrected chi connectivity index (χ2v) is 7.12. The molecule has 4 heteroatoms. The summed E-state index contributed by atoms with van der Waals surface area (Å²) in [7, 11) is 0. The zero-order valence-corrected chi connectivity index (χ0v) is 16.4. The molecule has 0 radical (unpaired) electrons. The highest BCUT2D eigenvalue weighted by Gasteiger charge is 2.14. The Balaban J connectivity index is 1.79. The Morgan fingerprint density at radius 1 is 0.700 bits per heavy atom. The van der Waals surface area contributed by atoms with Crippen LogP contribution in [0, 0.1) is 0 Å². The molecule has 0 aliphatic carbocycles. The van der Waals surface area contributed by atoms with Crippen molar-refractivity contribution in [3.05, 3.63) is 103 Å². The van der Waals surface area contributed by atoms with Crippen LogP contribution < -0.4 is 5.73 Å². The van der Waals surface area contributed by atoms with Gasteiger partial charge in [-0.2, -0.15) is 0 Å². The Morgan fingerprint density at radius 2 is 1.50 bits per heavy atom. The number of aromatic nitrogens is 3. The second-order valence-electron chi connectivity index (χ2n) is 7.12. The number of hydrogen-bond acceptors (Lipinski definition) is 4. The molecule has 0 amide bonds. The normalized spacial score (nSPS) is 11.0. The predicted molar refractivity (Wildman–Crippen MR) is 122 cm³/mol. The van der Waals surface area contributed by atoms with Crippen molar-refractivity contribution in [3.8, 4) is 33.6 Å². The van der Waals surface area contributed by atoms with Crippen molar-refractivity contribution in [1.29, 1.82) is 0 Å². The van der Waals surface area contributed by atoms with E-state index >= 15 is 0 Å². The van der Waals surface area contributed by atoms with E-state index < -0.39 is 0 Å². The molecule has 0 saturated heterocycles. The van der Waals surface area contributed by atoms with Crippen molar-refractivity contribution in [2.24, 2.45) is 5.73 Å². The Bertz CT molecular complexity index is 1300. The average molecular weight is 388 g/mol. The van der Waals surface area contributed by atoms with Gasteiger partial charge in [0.2, 0.25) is 0 Å². The van der Waals surface area contributed by atoms with Crippen molar-refractivity contribution in [2.75, 3.05) is 0 Å². The lowest BCUT2D eigenvalue weighted by molar-refractivity contribution is 1.07. The summed E-state index contributed by atoms with van der Waals surface area (Å²) in [6.45, 7) is 0.525. The first-order chi connectivity index (χ1) is 14.8. The van der Waals surface area contributed by atoms with Crippen molar-refractivity contribution in [3.63, 3.8) is 0 Å². The smallest absolute Gasteiger partial charge is 0.0811 e. The lowest BCUT2D eigenvalue weighted by atomic mass is 9.96. The molecule has 0 aliphatic heterocycles. The van der Waals surface area contributed by atoms with Crippen LogP contribution in [0.3, 0.4) is 0 Å². The van der Waals surface area contributed by atoms with E-state index in [4.69, 9.17) is 10.7 Å². The zero-order valence-electron chi connectivity index (χ0n) is 16.4. The number of nitrogens with two attached hydrogens (primary N) is 1. The highest BCUT2D eigenvalue weighted by molar-refractivity contribution is 5.98. The SMILES string of the molecule is NCc1ccc(-c2nc3ccnc(-c4cccnc4)c3cc2-c2ccccc2)cc1. The third-order valence-electron chi connectivity index (χ3n) is 5.23. The molecule has 0 fully saturated rings. The summed E-state index contributed by atoms with van der Waals surface area (Å²) in [5.74, 6) is 0. The van der Waals surface area contributed by atoms with E-state index in [0.717, 1.165) is 50.1 Å². The molecule has 0 aliphatic rings. The van der Waals surface area contributed by atoms with E-state index in [0.29, 0.717) is 6.54 Å². The first-order valence-corrected chi connectivity index (χ1v) is 9.88. The maximum absolute atomic E-state index is 5.78. The fraction of sp³-hybridized carbons (Fsp3) is 0.0385. The highest BCUT2D eigenvalue weighted by Crippen LogP contribution is 2.36. The number of fused-ring (bicyclic) bond motifs is 1. The molecule has 2 N–H and O–H groups in total. The Labute approximate surface area is 175 Å². The molecule has 5 rings (SSSR count). The molecule has 4 nitrogen and oxygen atoms in total. The third-order valence-corrected chi connectivity index (χ3v) is 5.23. The minimum Gasteiger partial charge on any atom is -0.326 e. The van der Waals surface area contributed by atoms with Crippen LogP contribution >= 0.6 is 0 Å². The average Bonchev–Trinajstić information content (AvgIpc) is 2.84. The minimum atomic E-state index is 0.525. The molecule has 2 aromatic carbocycles. The predicted octanol–water partition coefficient (Wildman–Crippen LogP) is 5.48. The summed E-state index contributed by atoms with van der Waals surface area (Å²) in [6.07, 6.45) is 5.41. The van der Waals surface area contributed by atoms with Gasteiger partial charge in [0.25, 0.3) is 0 Å². The molecule has 0 unspecified atom stereocenters. The Hall–Kier alpha value is -3.89. The van der Waals surface area contributed by atoms with Gasteiger partial charge < -0.3 is 5.73 Å². The molecule has 0 bridgehead atoms. The van der Waals surface area contributed by atoms with Gasteiger partial charge in [-0.3, -0.25) is 9.97 Å². The van der Waals surface area contributed by atoms with E-state index in [2.05, 4.69) is 52.4 Å². The number of nitrogens with zero attached hydrogens (tertiary/aromatic N) is 3. The summed E-state index contributed by atoms with van der Waals surface area (Å²) >= 11 is 0. The first kappa shape index (κ1) is 18.2. The maximum atomic E-state index is 5.78. The van der Waals surface area contributed by atoms with Gasteiger partial charge in [-0.25, -0.2) is 4.98 Å². The van der Waals surface area contributed by atoms with Gasteiger partial charge in [0, 0.05) is 47.2 Å². The van der Waals surface area contributed by atoms with Gasteiger partial charge >= 0.3 is 0 Å². The molecular weight excluding hydrogens is 368 g/mol. The van der Waals surface area contributed by atoms with Crippen LogP contribution in [-0.2, 0) is 6.54 Å². The number of hydrogen-bond donors (Lipinski definition) is 1. The Morgan fingerprint density at radius 3 is 2.23 bits per heavy atom. The summed E-state index contributed by atoms with van der Waals surface area (Å²) in [4.78, 5) is 14.0. The second kappa shape index (κ2) is 7.85. The van der Waals surface area contributed by atoms with Gasteiger partial charge in [0.15, 0.2) is 0 Å². The van der Waals surface area contributed by atoms with E-state index in [1.807, 2.05) is 42.6 Å². The van der Waals surface area contributed by atoms with Crippen LogP contribution in [0.5, 0.6) is 0 Å². The Kier molecular flexibility index (Phi) is 4.75. The van der Waals surface area contributed by atoms with Gasteiger partial charge in [0.1, 0.15) is 0 Å². The van der Waals surface area contributed by atoms with Gasteiger partial charge in [-0.05, 0) is 35.4 Å². The van der Waals surface area contributed by atoms with Crippen molar-refractivity contribution < 1.29 is 0 Å². The molecule has 0 saturated carbocycles. The molecule has 3 aromatic heterocycles. The molecule has 0 spiro atoms. The van der Waals surface area contributed by atoms with Gasteiger partial charge in [-0.15, -0.1) is 0 Å². The lowest BCUT2D eigenvalue weighted by Crippen LogP contribution is -1.97. The van der Waals surface area contributed by atoms with E-state index in [1.165, 1.54) is 0 Å². The van der Waals surface area contributed by atoms with Crippen LogP contribution in [0.1, 0.15) is 5.56 Å². The van der Waals surface area contributed by atoms with Crippen LogP contribution in [0.15, 0.2) is 97.5 Å². The van der Waals surface area contributed by atoms with Crippen LogP contribution in [-0.4, -0.2) is 15.0 Å². The summed E-state index contributed by atoms with van der Waals surface area (Å²) < 4.78 is 0. The summed E-state index contributed by atoms with van der Waals surface area (Å²) in [5.41, 5.74) is 13.8. The number of rotatable bonds is 4. The zero-order chi connectivity index (χ0) is 20.3. The van der Waals surface area contributed by atoms with E-state index in [-0.39, 0.29) is 0 Å². The van der Waals surface area contributed by atoms with Crippen LogP contribution in [0.2, 0.25) is 0 Å². The van der Waals surface area contributed by atoms with Gasteiger partial charge in [0.05, 0.1) is 16.9 Å². The maximum Gasteiger partial charge on any atom is 0.0811 e. The molecule has 144 valence electrons. The standard InChI is InChI=1S/C26H20N4/c27-16-18-8-10-20(11-9-18)26-22(19-5-2-1-3-6-19)15-23-24(30-26)12-14-29-25(23)21-7-4-13-28-17-21/h1-15,17H,16,27H2. The summed E-state index contributed by atoms with van der Waals surface area (Å²) in [6, 6.07) is 26.7. The van der Waals surface area contributed by atoms with E-state index in [1.54, 1.807) is 12.4 Å². The molecule has 30 heavy (non-hydrogen) atoms. The largest absolute Gasteiger partial charge is 0.326 e. The van der Waals surface area contributed by atoms with E-state index in [9.17, 15) is 0 Å². The molecule has 3 heterocycles. The molecular formula is C26H20N4. The number of benzene rings is 2. The fourth-order valence-electron chi connectivity index (χ4n) is 3.69. The topological polar surface area (TPSA) is 64.7 Å². The van der Waals surface area contributed by atoms with Crippen molar-refractivity contribution >= 4 is 10.9 Å². The fourth-order valence-corrected chi connectivity index (χ4v) is 3.69. The summed E-state index contributed by atoms with van der Waals surface area (Å²) in [5, 5.41) is 1.01. The molecule has 5 aromatic rings.